The Morgan fingerprint density at radius 3 is 2.94 bits per heavy atom. The minimum absolute atomic E-state index is 0.561. The first-order valence-corrected chi connectivity index (χ1v) is 6.56. The second-order valence-electron chi connectivity index (χ2n) is 4.73. The molecular weight excluding hydrogens is 210 g/mol. The molecule has 0 fully saturated rings. The van der Waals surface area contributed by atoms with Gasteiger partial charge in [0.05, 0.1) is 0 Å². The molecule has 0 amide bonds. The predicted molar refractivity (Wildman–Crippen MR) is 73.9 cm³/mol. The number of allylic oxidation sites excluding steroid dienone is 1. The third-order valence-corrected chi connectivity index (χ3v) is 2.68. The number of hydrogen-bond donors (Lipinski definition) is 1. The van der Waals surface area contributed by atoms with Crippen LogP contribution in [-0.4, -0.2) is 22.1 Å². The average molecular weight is 235 g/mol. The number of aromatic nitrogens is 2. The molecule has 1 aromatic heterocycles. The van der Waals surface area contributed by atoms with Crippen molar-refractivity contribution in [3.05, 3.63) is 24.3 Å². The lowest BCUT2D eigenvalue weighted by Gasteiger charge is -2.08. The highest BCUT2D eigenvalue weighted by Gasteiger charge is 2.03. The molecule has 1 N–H and O–H groups in total. The molecule has 1 rings (SSSR count). The molecule has 3 heteroatoms. The zero-order valence-electron chi connectivity index (χ0n) is 11.5. The Morgan fingerprint density at radius 2 is 2.29 bits per heavy atom. The van der Waals surface area contributed by atoms with Gasteiger partial charge in [-0.05, 0) is 31.9 Å². The van der Waals surface area contributed by atoms with Crippen LogP contribution in [0.2, 0.25) is 0 Å². The summed E-state index contributed by atoms with van der Waals surface area (Å²) < 4.78 is 2.22. The Morgan fingerprint density at radius 1 is 1.53 bits per heavy atom. The van der Waals surface area contributed by atoms with Crippen LogP contribution in [0, 0.1) is 0 Å². The number of hydrogen-bond acceptors (Lipinski definition) is 2. The van der Waals surface area contributed by atoms with Crippen LogP contribution in [0.3, 0.4) is 0 Å². The maximum absolute atomic E-state index is 4.42. The van der Waals surface area contributed by atoms with Crippen molar-refractivity contribution in [2.75, 3.05) is 6.54 Å². The summed E-state index contributed by atoms with van der Waals surface area (Å²) in [7, 11) is 0. The van der Waals surface area contributed by atoms with E-state index in [9.17, 15) is 0 Å². The lowest BCUT2D eigenvalue weighted by atomic mass is 10.2. The molecular formula is C14H25N3. The Balaban J connectivity index is 2.52. The molecule has 0 saturated carbocycles. The molecule has 0 aliphatic carbocycles. The van der Waals surface area contributed by atoms with E-state index < -0.39 is 0 Å². The van der Waals surface area contributed by atoms with E-state index in [1.807, 2.05) is 6.20 Å². The topological polar surface area (TPSA) is 29.9 Å². The lowest BCUT2D eigenvalue weighted by molar-refractivity contribution is 0.595. The van der Waals surface area contributed by atoms with Crippen molar-refractivity contribution < 1.29 is 0 Å². The molecule has 1 heterocycles. The van der Waals surface area contributed by atoms with E-state index in [4.69, 9.17) is 0 Å². The fourth-order valence-corrected chi connectivity index (χ4v) is 1.83. The number of aryl methyl sites for hydroxylation is 1. The summed E-state index contributed by atoms with van der Waals surface area (Å²) in [4.78, 5) is 4.42. The van der Waals surface area contributed by atoms with Crippen LogP contribution in [0.1, 0.15) is 46.4 Å². The molecule has 0 radical (unpaired) electrons. The van der Waals surface area contributed by atoms with E-state index in [2.05, 4.69) is 54.8 Å². The first kappa shape index (κ1) is 14.0. The van der Waals surface area contributed by atoms with Crippen LogP contribution >= 0.6 is 0 Å². The van der Waals surface area contributed by atoms with Gasteiger partial charge in [-0.25, -0.2) is 4.98 Å². The molecule has 17 heavy (non-hydrogen) atoms. The first-order valence-electron chi connectivity index (χ1n) is 6.56. The minimum Gasteiger partial charge on any atom is -0.331 e. The van der Waals surface area contributed by atoms with Crippen molar-refractivity contribution in [1.29, 1.82) is 0 Å². The van der Waals surface area contributed by atoms with E-state index in [0.29, 0.717) is 6.04 Å². The Labute approximate surface area is 105 Å². The Hall–Kier alpha value is -1.09. The fourth-order valence-electron chi connectivity index (χ4n) is 1.83. The van der Waals surface area contributed by atoms with E-state index in [-0.39, 0.29) is 0 Å². The van der Waals surface area contributed by atoms with Crippen molar-refractivity contribution in [2.24, 2.45) is 0 Å². The van der Waals surface area contributed by atoms with Crippen LogP contribution in [0.15, 0.2) is 18.5 Å². The first-order chi connectivity index (χ1) is 8.15. The van der Waals surface area contributed by atoms with Crippen molar-refractivity contribution in [1.82, 2.24) is 14.9 Å². The van der Waals surface area contributed by atoms with Gasteiger partial charge in [0.15, 0.2) is 0 Å². The molecule has 0 aromatic carbocycles. The highest BCUT2D eigenvalue weighted by Crippen LogP contribution is 2.12. The van der Waals surface area contributed by atoms with Crippen LogP contribution in [0.25, 0.3) is 5.57 Å². The smallest absolute Gasteiger partial charge is 0.135 e. The van der Waals surface area contributed by atoms with Gasteiger partial charge in [-0.1, -0.05) is 26.8 Å². The second kappa shape index (κ2) is 7.28. The van der Waals surface area contributed by atoms with Crippen molar-refractivity contribution in [2.45, 2.75) is 53.1 Å². The number of imidazole rings is 1. The molecule has 0 bridgehead atoms. The highest BCUT2D eigenvalue weighted by molar-refractivity contribution is 5.57. The van der Waals surface area contributed by atoms with Crippen LogP contribution in [0.4, 0.5) is 0 Å². The Kier molecular flexibility index (Phi) is 5.98. The molecule has 0 aliphatic heterocycles. The maximum Gasteiger partial charge on any atom is 0.135 e. The van der Waals surface area contributed by atoms with Crippen molar-refractivity contribution >= 4 is 5.57 Å². The number of rotatable bonds is 7. The molecule has 0 aliphatic rings. The van der Waals surface area contributed by atoms with Gasteiger partial charge in [-0.15, -0.1) is 0 Å². The van der Waals surface area contributed by atoms with E-state index in [1.165, 1.54) is 5.57 Å². The SMILES string of the molecule is CCCn1ccnc1C(C)=CCCNC(C)C. The number of nitrogens with one attached hydrogen (secondary N) is 1. The van der Waals surface area contributed by atoms with Gasteiger partial charge in [-0.2, -0.15) is 0 Å². The molecule has 0 spiro atoms. The zero-order chi connectivity index (χ0) is 12.7. The summed E-state index contributed by atoms with van der Waals surface area (Å²) in [5, 5.41) is 3.41. The quantitative estimate of drug-likeness (QED) is 0.736. The summed E-state index contributed by atoms with van der Waals surface area (Å²) in [5.41, 5.74) is 1.27. The lowest BCUT2D eigenvalue weighted by Crippen LogP contribution is -2.23. The van der Waals surface area contributed by atoms with E-state index in [1.54, 1.807) is 0 Å². The number of nitrogens with zero attached hydrogens (tertiary/aromatic N) is 2. The second-order valence-corrected chi connectivity index (χ2v) is 4.73. The zero-order valence-corrected chi connectivity index (χ0v) is 11.5. The van der Waals surface area contributed by atoms with Crippen LogP contribution in [-0.2, 0) is 6.54 Å². The standard InChI is InChI=1S/C14H25N3/c1-5-10-17-11-9-16-14(17)13(4)7-6-8-15-12(2)3/h7,9,11-12,15H,5-6,8,10H2,1-4H3. The van der Waals surface area contributed by atoms with Gasteiger partial charge in [0, 0.05) is 25.0 Å². The molecule has 3 nitrogen and oxygen atoms in total. The summed E-state index contributed by atoms with van der Waals surface area (Å²) in [6.07, 6.45) is 8.41. The van der Waals surface area contributed by atoms with E-state index >= 15 is 0 Å². The van der Waals surface area contributed by atoms with Crippen LogP contribution < -0.4 is 5.32 Å². The largest absolute Gasteiger partial charge is 0.331 e. The van der Waals surface area contributed by atoms with E-state index in [0.717, 1.165) is 31.8 Å². The third-order valence-electron chi connectivity index (χ3n) is 2.68. The normalized spacial score (nSPS) is 12.4. The van der Waals surface area contributed by atoms with Crippen molar-refractivity contribution in [3.63, 3.8) is 0 Å². The Bertz CT molecular complexity index is 350. The highest BCUT2D eigenvalue weighted by atomic mass is 15.1. The van der Waals surface area contributed by atoms with Gasteiger partial charge in [-0.3, -0.25) is 0 Å². The predicted octanol–water partition coefficient (Wildman–Crippen LogP) is 3.08. The van der Waals surface area contributed by atoms with Gasteiger partial charge >= 0.3 is 0 Å². The summed E-state index contributed by atoms with van der Waals surface area (Å²) in [6, 6.07) is 0.561. The van der Waals surface area contributed by atoms with Crippen LogP contribution in [0.5, 0.6) is 0 Å². The molecule has 0 atom stereocenters. The molecule has 96 valence electrons. The fraction of sp³-hybridized carbons (Fsp3) is 0.643. The molecule has 0 unspecified atom stereocenters. The van der Waals surface area contributed by atoms with Gasteiger partial charge < -0.3 is 9.88 Å². The molecule has 1 aromatic rings. The van der Waals surface area contributed by atoms with Gasteiger partial charge in [0.1, 0.15) is 5.82 Å². The minimum atomic E-state index is 0.561. The summed E-state index contributed by atoms with van der Waals surface area (Å²) >= 11 is 0. The molecule has 0 saturated heterocycles. The maximum atomic E-state index is 4.42. The van der Waals surface area contributed by atoms with Gasteiger partial charge in [0.2, 0.25) is 0 Å². The van der Waals surface area contributed by atoms with Crippen molar-refractivity contribution in [3.8, 4) is 0 Å². The van der Waals surface area contributed by atoms with Gasteiger partial charge in [0.25, 0.3) is 0 Å². The average Bonchev–Trinajstić information content (AvgIpc) is 2.72. The summed E-state index contributed by atoms with van der Waals surface area (Å²) in [5.74, 6) is 1.11. The monoisotopic (exact) mass is 235 g/mol. The third kappa shape index (κ3) is 4.73. The summed E-state index contributed by atoms with van der Waals surface area (Å²) in [6.45, 7) is 10.8.